The standard InChI is InChI=1S/C19H14N4O2S/c1-12-7-8-14(23(24)25)9-16(12)22-18-15-10-17(13-5-3-2-4-6-13)26-19(15)21-11-20-18/h2-11H,1H3,(H,20,21,22). The zero-order valence-electron chi connectivity index (χ0n) is 13.8. The summed E-state index contributed by atoms with van der Waals surface area (Å²) in [6.45, 7) is 1.90. The van der Waals surface area contributed by atoms with Crippen LogP contribution in [-0.4, -0.2) is 14.9 Å². The Balaban J connectivity index is 1.77. The maximum Gasteiger partial charge on any atom is 0.271 e. The van der Waals surface area contributed by atoms with Gasteiger partial charge in [-0.2, -0.15) is 0 Å². The molecule has 6 nitrogen and oxygen atoms in total. The van der Waals surface area contributed by atoms with Crippen molar-refractivity contribution >= 4 is 38.7 Å². The van der Waals surface area contributed by atoms with Gasteiger partial charge in [-0.1, -0.05) is 36.4 Å². The molecule has 0 bridgehead atoms. The predicted molar refractivity (Wildman–Crippen MR) is 104 cm³/mol. The summed E-state index contributed by atoms with van der Waals surface area (Å²) in [7, 11) is 0. The van der Waals surface area contributed by atoms with Crippen molar-refractivity contribution in [1.82, 2.24) is 9.97 Å². The zero-order valence-corrected chi connectivity index (χ0v) is 14.7. The van der Waals surface area contributed by atoms with E-state index < -0.39 is 4.92 Å². The van der Waals surface area contributed by atoms with Crippen molar-refractivity contribution in [2.45, 2.75) is 6.92 Å². The Morgan fingerprint density at radius 1 is 1.08 bits per heavy atom. The Morgan fingerprint density at radius 3 is 2.65 bits per heavy atom. The van der Waals surface area contributed by atoms with E-state index in [0.717, 1.165) is 26.2 Å². The van der Waals surface area contributed by atoms with Crippen LogP contribution < -0.4 is 5.32 Å². The molecule has 4 rings (SSSR count). The summed E-state index contributed by atoms with van der Waals surface area (Å²) in [5, 5.41) is 15.2. The van der Waals surface area contributed by atoms with Crippen LogP contribution in [0.2, 0.25) is 0 Å². The lowest BCUT2D eigenvalue weighted by Gasteiger charge is -2.09. The fourth-order valence-electron chi connectivity index (χ4n) is 2.69. The monoisotopic (exact) mass is 362 g/mol. The van der Waals surface area contributed by atoms with E-state index in [2.05, 4.69) is 27.4 Å². The van der Waals surface area contributed by atoms with Gasteiger partial charge in [-0.15, -0.1) is 11.3 Å². The molecule has 0 aliphatic rings. The normalized spacial score (nSPS) is 10.8. The van der Waals surface area contributed by atoms with E-state index in [1.54, 1.807) is 17.4 Å². The van der Waals surface area contributed by atoms with Crippen molar-refractivity contribution < 1.29 is 4.92 Å². The number of nitrogens with zero attached hydrogens (tertiary/aromatic N) is 3. The third-order valence-corrected chi connectivity index (χ3v) is 5.16. The average Bonchev–Trinajstić information content (AvgIpc) is 3.09. The Hall–Kier alpha value is -3.32. The Kier molecular flexibility index (Phi) is 4.06. The van der Waals surface area contributed by atoms with E-state index in [9.17, 15) is 10.1 Å². The van der Waals surface area contributed by atoms with Crippen LogP contribution in [0.25, 0.3) is 20.7 Å². The summed E-state index contributed by atoms with van der Waals surface area (Å²) >= 11 is 1.59. The van der Waals surface area contributed by atoms with Gasteiger partial charge in [-0.05, 0) is 24.1 Å². The second-order valence-corrected chi connectivity index (χ2v) is 6.83. The van der Waals surface area contributed by atoms with Crippen molar-refractivity contribution in [3.63, 3.8) is 0 Å². The van der Waals surface area contributed by atoms with Gasteiger partial charge in [0, 0.05) is 22.7 Å². The molecular formula is C19H14N4O2S. The van der Waals surface area contributed by atoms with E-state index in [1.807, 2.05) is 31.2 Å². The Morgan fingerprint density at radius 2 is 1.88 bits per heavy atom. The summed E-state index contributed by atoms with van der Waals surface area (Å²) in [5.41, 5.74) is 2.72. The second kappa shape index (κ2) is 6.53. The number of nitro groups is 1. The van der Waals surface area contributed by atoms with Gasteiger partial charge >= 0.3 is 0 Å². The fourth-order valence-corrected chi connectivity index (χ4v) is 3.69. The molecule has 2 heterocycles. The quantitative estimate of drug-likeness (QED) is 0.392. The minimum atomic E-state index is -0.404. The van der Waals surface area contributed by atoms with Crippen LogP contribution in [0.1, 0.15) is 5.56 Å². The van der Waals surface area contributed by atoms with E-state index in [4.69, 9.17) is 0 Å². The van der Waals surface area contributed by atoms with Gasteiger partial charge in [-0.3, -0.25) is 10.1 Å². The maximum atomic E-state index is 11.0. The number of benzene rings is 2. The summed E-state index contributed by atoms with van der Waals surface area (Å²) in [5.74, 6) is 0.636. The van der Waals surface area contributed by atoms with Gasteiger partial charge in [0.05, 0.1) is 10.3 Å². The number of thiophene rings is 1. The minimum Gasteiger partial charge on any atom is -0.339 e. The molecule has 0 aliphatic carbocycles. The van der Waals surface area contributed by atoms with Gasteiger partial charge in [0.15, 0.2) is 0 Å². The van der Waals surface area contributed by atoms with Crippen LogP contribution in [0, 0.1) is 17.0 Å². The highest BCUT2D eigenvalue weighted by Gasteiger charge is 2.13. The lowest BCUT2D eigenvalue weighted by atomic mass is 10.1. The van der Waals surface area contributed by atoms with Crippen LogP contribution in [0.4, 0.5) is 17.2 Å². The first-order valence-corrected chi connectivity index (χ1v) is 8.75. The minimum absolute atomic E-state index is 0.0405. The van der Waals surface area contributed by atoms with Crippen LogP contribution in [0.3, 0.4) is 0 Å². The summed E-state index contributed by atoms with van der Waals surface area (Å²) in [4.78, 5) is 21.3. The molecule has 0 saturated carbocycles. The second-order valence-electron chi connectivity index (χ2n) is 5.80. The number of nitro benzene ring substituents is 1. The predicted octanol–water partition coefficient (Wildman–Crippen LogP) is 5.32. The van der Waals surface area contributed by atoms with Crippen molar-refractivity contribution in [3.05, 3.63) is 76.6 Å². The van der Waals surface area contributed by atoms with E-state index in [0.29, 0.717) is 11.5 Å². The first kappa shape index (κ1) is 16.2. The molecule has 0 spiro atoms. The van der Waals surface area contributed by atoms with Crippen molar-refractivity contribution in [2.75, 3.05) is 5.32 Å². The number of hydrogen-bond donors (Lipinski definition) is 1. The number of nitrogens with one attached hydrogen (secondary N) is 1. The molecule has 0 radical (unpaired) electrons. The molecular weight excluding hydrogens is 348 g/mol. The van der Waals surface area contributed by atoms with Crippen molar-refractivity contribution in [1.29, 1.82) is 0 Å². The SMILES string of the molecule is Cc1ccc([N+](=O)[O-])cc1Nc1ncnc2sc(-c3ccccc3)cc12. The molecule has 2 aromatic heterocycles. The lowest BCUT2D eigenvalue weighted by Crippen LogP contribution is -1.98. The first-order valence-electron chi connectivity index (χ1n) is 7.94. The number of aryl methyl sites for hydroxylation is 1. The smallest absolute Gasteiger partial charge is 0.271 e. The maximum absolute atomic E-state index is 11.0. The van der Waals surface area contributed by atoms with Crippen LogP contribution >= 0.6 is 11.3 Å². The topological polar surface area (TPSA) is 81.0 Å². The van der Waals surface area contributed by atoms with Crippen molar-refractivity contribution in [3.8, 4) is 10.4 Å². The number of anilines is 2. The largest absolute Gasteiger partial charge is 0.339 e. The molecule has 0 unspecified atom stereocenters. The van der Waals surface area contributed by atoms with Crippen LogP contribution in [0.15, 0.2) is 60.9 Å². The first-order chi connectivity index (χ1) is 12.6. The Labute approximate surface area is 153 Å². The molecule has 26 heavy (non-hydrogen) atoms. The van der Waals surface area contributed by atoms with Crippen LogP contribution in [0.5, 0.6) is 0 Å². The number of non-ortho nitro benzene ring substituents is 1. The van der Waals surface area contributed by atoms with Gasteiger partial charge in [0.1, 0.15) is 17.0 Å². The highest BCUT2D eigenvalue weighted by molar-refractivity contribution is 7.21. The number of hydrogen-bond acceptors (Lipinski definition) is 6. The highest BCUT2D eigenvalue weighted by Crippen LogP contribution is 2.36. The molecule has 0 fully saturated rings. The molecule has 2 aromatic carbocycles. The molecule has 1 N–H and O–H groups in total. The van der Waals surface area contributed by atoms with Gasteiger partial charge in [0.25, 0.3) is 5.69 Å². The zero-order chi connectivity index (χ0) is 18.1. The van der Waals surface area contributed by atoms with E-state index in [1.165, 1.54) is 18.5 Å². The average molecular weight is 362 g/mol. The van der Waals surface area contributed by atoms with Gasteiger partial charge in [-0.25, -0.2) is 9.97 Å². The van der Waals surface area contributed by atoms with Crippen molar-refractivity contribution in [2.24, 2.45) is 0 Å². The molecule has 0 saturated heterocycles. The summed E-state index contributed by atoms with van der Waals surface area (Å²) in [6.07, 6.45) is 1.50. The number of rotatable bonds is 4. The molecule has 128 valence electrons. The molecule has 0 aliphatic heterocycles. The lowest BCUT2D eigenvalue weighted by molar-refractivity contribution is -0.384. The summed E-state index contributed by atoms with van der Waals surface area (Å²) in [6, 6.07) is 16.9. The molecule has 4 aromatic rings. The molecule has 7 heteroatoms. The number of fused-ring (bicyclic) bond motifs is 1. The van der Waals surface area contributed by atoms with Crippen LogP contribution in [-0.2, 0) is 0 Å². The number of aromatic nitrogens is 2. The highest BCUT2D eigenvalue weighted by atomic mass is 32.1. The third-order valence-electron chi connectivity index (χ3n) is 4.07. The van der Waals surface area contributed by atoms with Gasteiger partial charge in [0.2, 0.25) is 0 Å². The molecule has 0 atom stereocenters. The van der Waals surface area contributed by atoms with E-state index in [-0.39, 0.29) is 5.69 Å². The molecule has 0 amide bonds. The third kappa shape index (κ3) is 3.00. The summed E-state index contributed by atoms with van der Waals surface area (Å²) < 4.78 is 0. The Bertz CT molecular complexity index is 1110. The van der Waals surface area contributed by atoms with E-state index >= 15 is 0 Å². The fraction of sp³-hybridized carbons (Fsp3) is 0.0526. The van der Waals surface area contributed by atoms with Gasteiger partial charge < -0.3 is 5.32 Å².